The Morgan fingerprint density at radius 3 is 3.00 bits per heavy atom. The number of rotatable bonds is 2. The van der Waals surface area contributed by atoms with Crippen molar-refractivity contribution in [3.8, 4) is 0 Å². The topological polar surface area (TPSA) is 29.5 Å². The average Bonchev–Trinajstić information content (AvgIpc) is 2.44. The van der Waals surface area contributed by atoms with Gasteiger partial charge in [0.15, 0.2) is 0 Å². The van der Waals surface area contributed by atoms with Crippen molar-refractivity contribution < 1.29 is 9.63 Å². The number of hydroxylamine groups is 2. The number of hydrogen-bond acceptors (Lipinski definition) is 2. The molecule has 2 rings (SSSR count). The van der Waals surface area contributed by atoms with Gasteiger partial charge in [-0.2, -0.15) is 0 Å². The summed E-state index contributed by atoms with van der Waals surface area (Å²) in [5, 5.41) is 1.64. The molecule has 1 amide bonds. The molecular formula is C10H17NO2. The fraction of sp³-hybridized carbons (Fsp3) is 0.900. The Bertz CT molecular complexity index is 205. The van der Waals surface area contributed by atoms with E-state index in [0.717, 1.165) is 6.42 Å². The van der Waals surface area contributed by atoms with Gasteiger partial charge >= 0.3 is 0 Å². The molecule has 0 bridgehead atoms. The second-order valence-electron chi connectivity index (χ2n) is 3.95. The quantitative estimate of drug-likeness (QED) is 0.652. The minimum Gasteiger partial charge on any atom is -0.273 e. The van der Waals surface area contributed by atoms with E-state index in [4.69, 9.17) is 4.84 Å². The van der Waals surface area contributed by atoms with Crippen LogP contribution in [0.15, 0.2) is 0 Å². The molecule has 1 aliphatic heterocycles. The van der Waals surface area contributed by atoms with Gasteiger partial charge in [0.05, 0.1) is 12.6 Å². The van der Waals surface area contributed by atoms with E-state index < -0.39 is 0 Å². The van der Waals surface area contributed by atoms with Crippen LogP contribution in [0.1, 0.15) is 39.0 Å². The Hall–Kier alpha value is -0.570. The molecule has 3 heteroatoms. The van der Waals surface area contributed by atoms with Crippen molar-refractivity contribution in [3.05, 3.63) is 0 Å². The average molecular weight is 183 g/mol. The second kappa shape index (κ2) is 3.66. The van der Waals surface area contributed by atoms with Crippen LogP contribution in [0.2, 0.25) is 0 Å². The summed E-state index contributed by atoms with van der Waals surface area (Å²) in [6, 6.07) is 0.390. The van der Waals surface area contributed by atoms with E-state index in [9.17, 15) is 4.79 Å². The molecule has 2 aliphatic rings. The highest BCUT2D eigenvalue weighted by Gasteiger charge is 2.41. The summed E-state index contributed by atoms with van der Waals surface area (Å²) in [6.07, 6.45) is 5.59. The number of nitrogens with zero attached hydrogens (tertiary/aromatic N) is 1. The monoisotopic (exact) mass is 183 g/mol. The highest BCUT2D eigenvalue weighted by Crippen LogP contribution is 2.36. The van der Waals surface area contributed by atoms with Crippen molar-refractivity contribution in [1.29, 1.82) is 0 Å². The number of amides is 1. The fourth-order valence-corrected chi connectivity index (χ4v) is 2.54. The molecule has 0 aromatic carbocycles. The van der Waals surface area contributed by atoms with Gasteiger partial charge in [0.1, 0.15) is 0 Å². The molecule has 0 unspecified atom stereocenters. The Morgan fingerprint density at radius 1 is 1.46 bits per heavy atom. The highest BCUT2D eigenvalue weighted by atomic mass is 16.7. The third-order valence-corrected chi connectivity index (χ3v) is 3.12. The summed E-state index contributed by atoms with van der Waals surface area (Å²) in [6.45, 7) is 2.54. The number of carbonyl (C=O) groups excluding carboxylic acids is 1. The standard InChI is InChI=1S/C10H17NO2/c1-2-13-11-9-6-4-3-5-8(9)7-10(11)12/h8-9H,2-7H2,1H3/t8-,9-/m0/s1. The molecule has 1 saturated heterocycles. The molecular weight excluding hydrogens is 166 g/mol. The van der Waals surface area contributed by atoms with Crippen LogP contribution in [0.25, 0.3) is 0 Å². The lowest BCUT2D eigenvalue weighted by molar-refractivity contribution is -0.190. The van der Waals surface area contributed by atoms with Crippen LogP contribution in [0.4, 0.5) is 0 Å². The van der Waals surface area contributed by atoms with Crippen molar-refractivity contribution >= 4 is 5.91 Å². The molecule has 2 atom stereocenters. The van der Waals surface area contributed by atoms with Crippen LogP contribution in [-0.2, 0) is 9.63 Å². The molecule has 0 aromatic heterocycles. The third-order valence-electron chi connectivity index (χ3n) is 3.12. The summed E-state index contributed by atoms with van der Waals surface area (Å²) >= 11 is 0. The van der Waals surface area contributed by atoms with Crippen LogP contribution in [0.5, 0.6) is 0 Å². The second-order valence-corrected chi connectivity index (χ2v) is 3.95. The first kappa shape index (κ1) is 9.00. The molecule has 0 spiro atoms. The van der Waals surface area contributed by atoms with E-state index in [1.165, 1.54) is 19.3 Å². The summed E-state index contributed by atoms with van der Waals surface area (Å²) in [5.74, 6) is 0.770. The van der Waals surface area contributed by atoms with E-state index >= 15 is 0 Å². The van der Waals surface area contributed by atoms with Gasteiger partial charge in [0.2, 0.25) is 5.91 Å². The lowest BCUT2D eigenvalue weighted by atomic mass is 9.85. The van der Waals surface area contributed by atoms with Crippen LogP contribution >= 0.6 is 0 Å². The summed E-state index contributed by atoms with van der Waals surface area (Å²) in [7, 11) is 0. The van der Waals surface area contributed by atoms with Crippen LogP contribution < -0.4 is 0 Å². The van der Waals surface area contributed by atoms with Gasteiger partial charge in [0, 0.05) is 6.42 Å². The van der Waals surface area contributed by atoms with Crippen molar-refractivity contribution in [1.82, 2.24) is 5.06 Å². The van der Waals surface area contributed by atoms with E-state index in [0.29, 0.717) is 25.0 Å². The van der Waals surface area contributed by atoms with Gasteiger partial charge in [-0.05, 0) is 25.7 Å². The first-order valence-corrected chi connectivity index (χ1v) is 5.28. The molecule has 1 heterocycles. The van der Waals surface area contributed by atoms with Crippen molar-refractivity contribution in [2.75, 3.05) is 6.61 Å². The predicted octanol–water partition coefficient (Wildman–Crippen LogP) is 1.73. The lowest BCUT2D eigenvalue weighted by Gasteiger charge is -2.29. The highest BCUT2D eigenvalue weighted by molar-refractivity contribution is 5.78. The normalized spacial score (nSPS) is 33.6. The van der Waals surface area contributed by atoms with Crippen LogP contribution in [0.3, 0.4) is 0 Å². The van der Waals surface area contributed by atoms with Crippen molar-refractivity contribution in [2.24, 2.45) is 5.92 Å². The van der Waals surface area contributed by atoms with E-state index in [1.807, 2.05) is 6.92 Å². The summed E-state index contributed by atoms with van der Waals surface area (Å²) < 4.78 is 0. The summed E-state index contributed by atoms with van der Waals surface area (Å²) in [4.78, 5) is 16.9. The SMILES string of the molecule is CCON1C(=O)C[C@@H]2CCCC[C@@H]21. The molecule has 3 nitrogen and oxygen atoms in total. The van der Waals surface area contributed by atoms with Crippen LogP contribution in [0, 0.1) is 5.92 Å². The molecule has 0 aromatic rings. The fourth-order valence-electron chi connectivity index (χ4n) is 2.54. The van der Waals surface area contributed by atoms with Crippen molar-refractivity contribution in [2.45, 2.75) is 45.1 Å². The summed E-state index contributed by atoms with van der Waals surface area (Å²) in [5.41, 5.74) is 0. The maximum atomic E-state index is 11.5. The van der Waals surface area contributed by atoms with Gasteiger partial charge in [-0.15, -0.1) is 0 Å². The van der Waals surface area contributed by atoms with Gasteiger partial charge in [-0.25, -0.2) is 5.06 Å². The Labute approximate surface area is 79.0 Å². The minimum atomic E-state index is 0.193. The zero-order valence-electron chi connectivity index (χ0n) is 8.16. The van der Waals surface area contributed by atoms with Gasteiger partial charge < -0.3 is 0 Å². The Morgan fingerprint density at radius 2 is 2.23 bits per heavy atom. The molecule has 13 heavy (non-hydrogen) atoms. The third kappa shape index (κ3) is 1.57. The van der Waals surface area contributed by atoms with Crippen molar-refractivity contribution in [3.63, 3.8) is 0 Å². The largest absolute Gasteiger partial charge is 0.273 e. The van der Waals surface area contributed by atoms with Gasteiger partial charge in [0.25, 0.3) is 0 Å². The Balaban J connectivity index is 2.04. The lowest BCUT2D eigenvalue weighted by Crippen LogP contribution is -2.36. The zero-order valence-corrected chi connectivity index (χ0v) is 8.16. The zero-order chi connectivity index (χ0) is 9.26. The molecule has 2 fully saturated rings. The maximum Gasteiger partial charge on any atom is 0.246 e. The first-order chi connectivity index (χ1) is 6.33. The van der Waals surface area contributed by atoms with Crippen LogP contribution in [-0.4, -0.2) is 23.6 Å². The van der Waals surface area contributed by atoms with E-state index in [1.54, 1.807) is 5.06 Å². The molecule has 1 aliphatic carbocycles. The molecule has 1 saturated carbocycles. The number of hydrogen-bond donors (Lipinski definition) is 0. The molecule has 0 radical (unpaired) electrons. The smallest absolute Gasteiger partial charge is 0.246 e. The molecule has 74 valence electrons. The molecule has 0 N–H and O–H groups in total. The van der Waals surface area contributed by atoms with E-state index in [-0.39, 0.29) is 5.91 Å². The number of fused-ring (bicyclic) bond motifs is 1. The van der Waals surface area contributed by atoms with Gasteiger partial charge in [-0.3, -0.25) is 9.63 Å². The Kier molecular flexibility index (Phi) is 2.54. The minimum absolute atomic E-state index is 0.193. The first-order valence-electron chi connectivity index (χ1n) is 5.28. The van der Waals surface area contributed by atoms with E-state index in [2.05, 4.69) is 0 Å². The predicted molar refractivity (Wildman–Crippen MR) is 48.8 cm³/mol. The number of carbonyl (C=O) groups is 1. The van der Waals surface area contributed by atoms with Gasteiger partial charge in [-0.1, -0.05) is 12.8 Å². The maximum absolute atomic E-state index is 11.5.